The summed E-state index contributed by atoms with van der Waals surface area (Å²) >= 11 is 0. The normalized spacial score (nSPS) is 15.4. The van der Waals surface area contributed by atoms with E-state index in [1.165, 1.54) is 0 Å². The minimum atomic E-state index is 0.0844. The number of aromatic nitrogens is 3. The summed E-state index contributed by atoms with van der Waals surface area (Å²) in [5.74, 6) is 0.955. The lowest BCUT2D eigenvalue weighted by Gasteiger charge is -2.32. The fraction of sp³-hybridized carbons (Fsp3) is 0.412. The molecule has 1 aliphatic rings. The van der Waals surface area contributed by atoms with E-state index in [9.17, 15) is 4.79 Å². The zero-order chi connectivity index (χ0) is 16.1. The summed E-state index contributed by atoms with van der Waals surface area (Å²) in [4.78, 5) is 26.8. The Balaban J connectivity index is 1.55. The number of hydrogen-bond acceptors (Lipinski definition) is 5. The summed E-state index contributed by atoms with van der Waals surface area (Å²) in [5.41, 5.74) is 1.74. The van der Waals surface area contributed by atoms with Crippen LogP contribution in [0.4, 0.5) is 5.82 Å². The van der Waals surface area contributed by atoms with Gasteiger partial charge in [0, 0.05) is 48.8 Å². The molecule has 0 spiro atoms. The van der Waals surface area contributed by atoms with Crippen LogP contribution in [0.1, 0.15) is 35.8 Å². The van der Waals surface area contributed by atoms with Crippen LogP contribution in [0.2, 0.25) is 0 Å². The van der Waals surface area contributed by atoms with Crippen molar-refractivity contribution in [2.75, 3.05) is 18.4 Å². The Bertz CT molecular complexity index is 653. The molecule has 1 amide bonds. The molecule has 2 aromatic rings. The van der Waals surface area contributed by atoms with Crippen molar-refractivity contribution in [3.05, 3.63) is 48.2 Å². The zero-order valence-corrected chi connectivity index (χ0v) is 13.3. The van der Waals surface area contributed by atoms with E-state index in [1.54, 1.807) is 30.9 Å². The average Bonchev–Trinajstić information content (AvgIpc) is 2.63. The minimum absolute atomic E-state index is 0.0844. The number of carbonyl (C=O) groups is 1. The standard InChI is InChI=1S/C17H21N5O/c1-2-14-11-16(20-12-19-14)21-15-5-9-22(10-6-15)17(23)13-3-7-18-8-4-13/h3-4,7-8,11-12,15H,2,5-6,9-10H2,1H3,(H,19,20,21). The molecule has 3 rings (SSSR count). The maximum Gasteiger partial charge on any atom is 0.253 e. The largest absolute Gasteiger partial charge is 0.367 e. The Morgan fingerprint density at radius 2 is 2.00 bits per heavy atom. The molecule has 1 fully saturated rings. The third-order valence-electron chi connectivity index (χ3n) is 4.15. The van der Waals surface area contributed by atoms with Gasteiger partial charge in [-0.2, -0.15) is 0 Å². The molecule has 6 heteroatoms. The van der Waals surface area contributed by atoms with Crippen molar-refractivity contribution in [3.8, 4) is 0 Å². The highest BCUT2D eigenvalue weighted by atomic mass is 16.2. The van der Waals surface area contributed by atoms with Crippen molar-refractivity contribution in [1.29, 1.82) is 0 Å². The van der Waals surface area contributed by atoms with Gasteiger partial charge in [0.25, 0.3) is 5.91 Å². The molecule has 0 aliphatic carbocycles. The van der Waals surface area contributed by atoms with Gasteiger partial charge in [-0.15, -0.1) is 0 Å². The molecule has 3 heterocycles. The highest BCUT2D eigenvalue weighted by molar-refractivity contribution is 5.94. The predicted octanol–water partition coefficient (Wildman–Crippen LogP) is 2.15. The summed E-state index contributed by atoms with van der Waals surface area (Å²) in [6, 6.07) is 5.87. The van der Waals surface area contributed by atoms with E-state index < -0.39 is 0 Å². The van der Waals surface area contributed by atoms with Crippen LogP contribution in [-0.2, 0) is 6.42 Å². The molecule has 0 radical (unpaired) electrons. The van der Waals surface area contributed by atoms with Gasteiger partial charge in [0.15, 0.2) is 0 Å². The van der Waals surface area contributed by atoms with Crippen LogP contribution in [-0.4, -0.2) is 44.9 Å². The fourth-order valence-corrected chi connectivity index (χ4v) is 2.78. The number of anilines is 1. The van der Waals surface area contributed by atoms with E-state index in [4.69, 9.17) is 0 Å². The van der Waals surface area contributed by atoms with Gasteiger partial charge in [0.1, 0.15) is 12.1 Å². The van der Waals surface area contributed by atoms with E-state index in [-0.39, 0.29) is 5.91 Å². The molecule has 1 N–H and O–H groups in total. The number of nitrogens with zero attached hydrogens (tertiary/aromatic N) is 4. The number of pyridine rings is 1. The van der Waals surface area contributed by atoms with E-state index in [1.807, 2.05) is 11.0 Å². The topological polar surface area (TPSA) is 71.0 Å². The Hall–Kier alpha value is -2.50. The number of carbonyl (C=O) groups excluding carboxylic acids is 1. The maximum absolute atomic E-state index is 12.4. The molecular formula is C17H21N5O. The predicted molar refractivity (Wildman–Crippen MR) is 88.2 cm³/mol. The molecule has 0 saturated carbocycles. The second kappa shape index (κ2) is 7.17. The van der Waals surface area contributed by atoms with Crippen LogP contribution >= 0.6 is 0 Å². The van der Waals surface area contributed by atoms with Crippen LogP contribution in [0.25, 0.3) is 0 Å². The molecule has 0 aromatic carbocycles. The number of hydrogen-bond donors (Lipinski definition) is 1. The Morgan fingerprint density at radius 3 is 2.70 bits per heavy atom. The van der Waals surface area contributed by atoms with Crippen molar-refractivity contribution in [3.63, 3.8) is 0 Å². The second-order valence-corrected chi connectivity index (χ2v) is 5.69. The number of rotatable bonds is 4. The lowest BCUT2D eigenvalue weighted by atomic mass is 10.0. The van der Waals surface area contributed by atoms with Gasteiger partial charge >= 0.3 is 0 Å². The lowest BCUT2D eigenvalue weighted by Crippen LogP contribution is -2.42. The van der Waals surface area contributed by atoms with Crippen molar-refractivity contribution >= 4 is 11.7 Å². The first-order valence-corrected chi connectivity index (χ1v) is 8.03. The molecule has 0 bridgehead atoms. The molecule has 120 valence electrons. The van der Waals surface area contributed by atoms with Crippen LogP contribution < -0.4 is 5.32 Å². The average molecular weight is 311 g/mol. The van der Waals surface area contributed by atoms with Crippen LogP contribution in [0.5, 0.6) is 0 Å². The third-order valence-corrected chi connectivity index (χ3v) is 4.15. The van der Waals surface area contributed by atoms with Gasteiger partial charge in [-0.3, -0.25) is 9.78 Å². The molecule has 0 unspecified atom stereocenters. The lowest BCUT2D eigenvalue weighted by molar-refractivity contribution is 0.0718. The van der Waals surface area contributed by atoms with Gasteiger partial charge in [-0.05, 0) is 31.4 Å². The highest BCUT2D eigenvalue weighted by Crippen LogP contribution is 2.17. The highest BCUT2D eigenvalue weighted by Gasteiger charge is 2.23. The molecule has 1 aliphatic heterocycles. The maximum atomic E-state index is 12.4. The summed E-state index contributed by atoms with van der Waals surface area (Å²) < 4.78 is 0. The van der Waals surface area contributed by atoms with Gasteiger partial charge in [-0.1, -0.05) is 6.92 Å². The monoisotopic (exact) mass is 311 g/mol. The number of piperidine rings is 1. The molecule has 2 aromatic heterocycles. The van der Waals surface area contributed by atoms with Crippen LogP contribution in [0.3, 0.4) is 0 Å². The first-order valence-electron chi connectivity index (χ1n) is 8.03. The molecule has 1 saturated heterocycles. The molecule has 0 atom stereocenters. The van der Waals surface area contributed by atoms with E-state index >= 15 is 0 Å². The summed E-state index contributed by atoms with van der Waals surface area (Å²) in [5, 5.41) is 3.46. The Labute approximate surface area is 136 Å². The number of nitrogens with one attached hydrogen (secondary N) is 1. The first kappa shape index (κ1) is 15.4. The second-order valence-electron chi connectivity index (χ2n) is 5.69. The van der Waals surface area contributed by atoms with Crippen molar-refractivity contribution in [2.45, 2.75) is 32.2 Å². The van der Waals surface area contributed by atoms with E-state index in [0.717, 1.165) is 43.9 Å². The summed E-state index contributed by atoms with van der Waals surface area (Å²) in [6.07, 6.45) is 7.65. The quantitative estimate of drug-likeness (QED) is 0.937. The zero-order valence-electron chi connectivity index (χ0n) is 13.3. The SMILES string of the molecule is CCc1cc(NC2CCN(C(=O)c3ccncc3)CC2)ncn1. The fourth-order valence-electron chi connectivity index (χ4n) is 2.78. The minimum Gasteiger partial charge on any atom is -0.367 e. The van der Waals surface area contributed by atoms with Gasteiger partial charge in [0.2, 0.25) is 0 Å². The van der Waals surface area contributed by atoms with Crippen molar-refractivity contribution in [1.82, 2.24) is 19.9 Å². The summed E-state index contributed by atoms with van der Waals surface area (Å²) in [6.45, 7) is 3.59. The Kier molecular flexibility index (Phi) is 4.80. The van der Waals surface area contributed by atoms with Gasteiger partial charge in [0.05, 0.1) is 0 Å². The van der Waals surface area contributed by atoms with Gasteiger partial charge in [-0.25, -0.2) is 9.97 Å². The van der Waals surface area contributed by atoms with Crippen LogP contribution in [0, 0.1) is 0 Å². The number of amides is 1. The van der Waals surface area contributed by atoms with Gasteiger partial charge < -0.3 is 10.2 Å². The van der Waals surface area contributed by atoms with E-state index in [0.29, 0.717) is 11.6 Å². The molecule has 23 heavy (non-hydrogen) atoms. The van der Waals surface area contributed by atoms with Crippen molar-refractivity contribution < 1.29 is 4.79 Å². The number of likely N-dealkylation sites (tertiary alicyclic amines) is 1. The number of aryl methyl sites for hydroxylation is 1. The molecule has 6 nitrogen and oxygen atoms in total. The van der Waals surface area contributed by atoms with Crippen molar-refractivity contribution in [2.24, 2.45) is 0 Å². The third kappa shape index (κ3) is 3.83. The van der Waals surface area contributed by atoms with Crippen LogP contribution in [0.15, 0.2) is 36.9 Å². The smallest absolute Gasteiger partial charge is 0.253 e. The summed E-state index contributed by atoms with van der Waals surface area (Å²) in [7, 11) is 0. The first-order chi connectivity index (χ1) is 11.3. The van der Waals surface area contributed by atoms with E-state index in [2.05, 4.69) is 27.2 Å². The molecular weight excluding hydrogens is 290 g/mol. The Morgan fingerprint density at radius 1 is 1.26 bits per heavy atom.